The average Bonchev–Trinajstić information content (AvgIpc) is 2.64. The van der Waals surface area contributed by atoms with Gasteiger partial charge in [-0.25, -0.2) is 0 Å². The van der Waals surface area contributed by atoms with Crippen LogP contribution in [0.2, 0.25) is 0 Å². The largest absolute Gasteiger partial charge is 0.416 e. The quantitative estimate of drug-likeness (QED) is 0.635. The van der Waals surface area contributed by atoms with E-state index in [4.69, 9.17) is 5.73 Å². The molecule has 0 atom stereocenters. The molecule has 4 rings (SSSR count). The van der Waals surface area contributed by atoms with Gasteiger partial charge >= 0.3 is 6.18 Å². The predicted molar refractivity (Wildman–Crippen MR) is 106 cm³/mol. The van der Waals surface area contributed by atoms with Crippen LogP contribution in [0.4, 0.5) is 19.0 Å². The van der Waals surface area contributed by atoms with Gasteiger partial charge in [-0.1, -0.05) is 36.4 Å². The van der Waals surface area contributed by atoms with Crippen LogP contribution in [-0.4, -0.2) is 22.3 Å². The van der Waals surface area contributed by atoms with Crippen LogP contribution in [0.1, 0.15) is 24.8 Å². The Hall–Kier alpha value is -2.38. The van der Waals surface area contributed by atoms with Crippen LogP contribution in [0.15, 0.2) is 48.5 Å². The molecule has 3 N–H and O–H groups in total. The zero-order valence-corrected chi connectivity index (χ0v) is 15.8. The van der Waals surface area contributed by atoms with E-state index in [1.165, 1.54) is 12.1 Å². The third-order valence-corrected chi connectivity index (χ3v) is 5.26. The minimum absolute atomic E-state index is 0. The number of fused-ring (bicyclic) bond motifs is 1. The van der Waals surface area contributed by atoms with Crippen molar-refractivity contribution < 1.29 is 13.2 Å². The highest BCUT2D eigenvalue weighted by atomic mass is 35.5. The van der Waals surface area contributed by atoms with E-state index >= 15 is 0 Å². The minimum Gasteiger partial charge on any atom is -0.361 e. The molecule has 0 bridgehead atoms. The monoisotopic (exact) mass is 408 g/mol. The summed E-state index contributed by atoms with van der Waals surface area (Å²) in [4.78, 5) is 0. The lowest BCUT2D eigenvalue weighted by Gasteiger charge is -2.42. The summed E-state index contributed by atoms with van der Waals surface area (Å²) in [6.07, 6.45) is -1.26. The van der Waals surface area contributed by atoms with Crippen LogP contribution in [0, 0.1) is 0 Å². The number of rotatable bonds is 4. The van der Waals surface area contributed by atoms with Gasteiger partial charge < -0.3 is 11.1 Å². The van der Waals surface area contributed by atoms with E-state index in [1.54, 1.807) is 0 Å². The van der Waals surface area contributed by atoms with Crippen molar-refractivity contribution in [2.45, 2.75) is 31.0 Å². The van der Waals surface area contributed by atoms with E-state index in [0.717, 1.165) is 42.2 Å². The maximum atomic E-state index is 12.8. The third-order valence-electron chi connectivity index (χ3n) is 5.26. The molecule has 0 spiro atoms. The number of alkyl halides is 3. The van der Waals surface area contributed by atoms with Gasteiger partial charge in [0.25, 0.3) is 0 Å². The second-order valence-corrected chi connectivity index (χ2v) is 6.98. The summed E-state index contributed by atoms with van der Waals surface area (Å²) < 4.78 is 38.4. The molecule has 148 valence electrons. The molecule has 1 fully saturated rings. The molecular formula is C20H20ClF3N4. The third kappa shape index (κ3) is 3.64. The van der Waals surface area contributed by atoms with E-state index in [1.807, 2.05) is 24.3 Å². The summed E-state index contributed by atoms with van der Waals surface area (Å²) in [5.41, 5.74) is 6.25. The van der Waals surface area contributed by atoms with Gasteiger partial charge in [-0.3, -0.25) is 0 Å². The predicted octanol–water partition coefficient (Wildman–Crippen LogP) is 5.03. The van der Waals surface area contributed by atoms with Crippen LogP contribution >= 0.6 is 12.4 Å². The minimum atomic E-state index is -4.36. The maximum Gasteiger partial charge on any atom is 0.416 e. The summed E-state index contributed by atoms with van der Waals surface area (Å²) in [7, 11) is 0. The van der Waals surface area contributed by atoms with Crippen molar-refractivity contribution in [1.29, 1.82) is 0 Å². The second-order valence-electron chi connectivity index (χ2n) is 6.98. The van der Waals surface area contributed by atoms with Crippen LogP contribution in [0.5, 0.6) is 0 Å². The molecule has 2 aromatic carbocycles. The molecule has 4 nitrogen and oxygen atoms in total. The van der Waals surface area contributed by atoms with Gasteiger partial charge in [0.15, 0.2) is 5.82 Å². The van der Waals surface area contributed by atoms with E-state index in [-0.39, 0.29) is 17.9 Å². The van der Waals surface area contributed by atoms with E-state index < -0.39 is 11.7 Å². The molecular weight excluding hydrogens is 389 g/mol. The Balaban J connectivity index is 0.00000225. The molecule has 0 amide bonds. The number of aromatic nitrogens is 2. The smallest absolute Gasteiger partial charge is 0.361 e. The summed E-state index contributed by atoms with van der Waals surface area (Å²) in [6.45, 7) is 0.518. The standard InChI is InChI=1S/C20H19F3N4.ClH/c21-20(22,23)14-8-6-13(7-9-14)17-15-4-1-2-5-16(15)18(27-26-17)25-19(12-24)10-3-11-19;/h1-2,4-9H,3,10-12,24H2,(H,25,27);1H. The molecule has 8 heteroatoms. The van der Waals surface area contributed by atoms with E-state index in [0.29, 0.717) is 23.6 Å². The first-order chi connectivity index (χ1) is 12.9. The fourth-order valence-corrected chi connectivity index (χ4v) is 3.46. The van der Waals surface area contributed by atoms with Crippen molar-refractivity contribution >= 4 is 29.0 Å². The fraction of sp³-hybridized carbons (Fsp3) is 0.300. The highest BCUT2D eigenvalue weighted by molar-refractivity contribution is 6.00. The number of nitrogens with one attached hydrogen (secondary N) is 1. The Bertz CT molecular complexity index is 964. The van der Waals surface area contributed by atoms with Gasteiger partial charge in [0, 0.05) is 22.9 Å². The van der Waals surface area contributed by atoms with Crippen molar-refractivity contribution in [1.82, 2.24) is 10.2 Å². The summed E-state index contributed by atoms with van der Waals surface area (Å²) in [6, 6.07) is 12.6. The Morgan fingerprint density at radius 2 is 1.61 bits per heavy atom. The molecule has 0 unspecified atom stereocenters. The Kier molecular flexibility index (Phi) is 5.50. The zero-order chi connectivity index (χ0) is 19.1. The highest BCUT2D eigenvalue weighted by Crippen LogP contribution is 2.37. The van der Waals surface area contributed by atoms with Crippen molar-refractivity contribution in [3.63, 3.8) is 0 Å². The Morgan fingerprint density at radius 1 is 0.964 bits per heavy atom. The van der Waals surface area contributed by atoms with Gasteiger partial charge in [-0.05, 0) is 31.4 Å². The molecule has 3 aromatic rings. The first-order valence-corrected chi connectivity index (χ1v) is 8.83. The number of halogens is 4. The SMILES string of the molecule is Cl.NCC1(Nc2nnc(-c3ccc(C(F)(F)F)cc3)c3ccccc23)CCC1. The Morgan fingerprint density at radius 3 is 2.14 bits per heavy atom. The molecule has 1 saturated carbocycles. The molecule has 1 heterocycles. The molecule has 0 saturated heterocycles. The van der Waals surface area contributed by atoms with Gasteiger partial charge in [-0.15, -0.1) is 22.6 Å². The Labute approximate surface area is 166 Å². The summed E-state index contributed by atoms with van der Waals surface area (Å²) >= 11 is 0. The van der Waals surface area contributed by atoms with Crippen molar-refractivity contribution in [2.75, 3.05) is 11.9 Å². The molecule has 1 aliphatic carbocycles. The molecule has 1 aliphatic rings. The first kappa shape index (κ1) is 20.4. The van der Waals surface area contributed by atoms with Crippen molar-refractivity contribution in [2.24, 2.45) is 5.73 Å². The normalized spacial score (nSPS) is 15.6. The molecule has 0 aliphatic heterocycles. The second kappa shape index (κ2) is 7.56. The number of nitrogens with zero attached hydrogens (tertiary/aromatic N) is 2. The van der Waals surface area contributed by atoms with Crippen LogP contribution in [0.3, 0.4) is 0 Å². The van der Waals surface area contributed by atoms with Crippen LogP contribution < -0.4 is 11.1 Å². The van der Waals surface area contributed by atoms with Crippen LogP contribution in [-0.2, 0) is 6.18 Å². The number of anilines is 1. The van der Waals surface area contributed by atoms with Gasteiger partial charge in [-0.2, -0.15) is 13.2 Å². The average molecular weight is 409 g/mol. The summed E-state index contributed by atoms with van der Waals surface area (Å²) in [5, 5.41) is 13.8. The lowest BCUT2D eigenvalue weighted by atomic mass is 9.77. The van der Waals surface area contributed by atoms with Gasteiger partial charge in [0.1, 0.15) is 5.69 Å². The number of benzene rings is 2. The topological polar surface area (TPSA) is 63.8 Å². The van der Waals surface area contributed by atoms with Gasteiger partial charge in [0.2, 0.25) is 0 Å². The number of hydrogen-bond donors (Lipinski definition) is 2. The number of hydrogen-bond acceptors (Lipinski definition) is 4. The van der Waals surface area contributed by atoms with Crippen molar-refractivity contribution in [3.8, 4) is 11.3 Å². The lowest BCUT2D eigenvalue weighted by molar-refractivity contribution is -0.137. The molecule has 0 radical (unpaired) electrons. The highest BCUT2D eigenvalue weighted by Gasteiger charge is 2.36. The zero-order valence-electron chi connectivity index (χ0n) is 15.0. The molecule has 28 heavy (non-hydrogen) atoms. The lowest BCUT2D eigenvalue weighted by Crippen LogP contribution is -2.51. The number of nitrogens with two attached hydrogens (primary N) is 1. The maximum absolute atomic E-state index is 12.8. The van der Waals surface area contributed by atoms with Gasteiger partial charge in [0.05, 0.1) is 11.1 Å². The van der Waals surface area contributed by atoms with E-state index in [2.05, 4.69) is 15.5 Å². The first-order valence-electron chi connectivity index (χ1n) is 8.83. The summed E-state index contributed by atoms with van der Waals surface area (Å²) in [5.74, 6) is 0.659. The van der Waals surface area contributed by atoms with E-state index in [9.17, 15) is 13.2 Å². The molecule has 1 aromatic heterocycles. The van der Waals surface area contributed by atoms with Crippen LogP contribution in [0.25, 0.3) is 22.0 Å². The van der Waals surface area contributed by atoms with Crippen molar-refractivity contribution in [3.05, 3.63) is 54.1 Å². The fourth-order valence-electron chi connectivity index (χ4n) is 3.46.